The lowest BCUT2D eigenvalue weighted by molar-refractivity contribution is -0.116. The molecule has 32 heavy (non-hydrogen) atoms. The third-order valence-electron chi connectivity index (χ3n) is 5.40. The fraction of sp³-hybridized carbons (Fsp3) is 0.179. The Morgan fingerprint density at radius 3 is 2.28 bits per heavy atom. The number of amides is 1. The van der Waals surface area contributed by atoms with Crippen molar-refractivity contribution < 1.29 is 13.9 Å². The third-order valence-corrected chi connectivity index (χ3v) is 5.40. The Balaban J connectivity index is 1.73. The summed E-state index contributed by atoms with van der Waals surface area (Å²) in [5.41, 5.74) is 6.85. The van der Waals surface area contributed by atoms with E-state index in [-0.39, 0.29) is 11.9 Å². The lowest BCUT2D eigenvalue weighted by Gasteiger charge is -2.11. The SMILES string of the molecule is COc1cc2occ(-c3ccc(-c4ccccc4)cc3)c2cc1/C(C)=C/C(=O)NC(C)C. The van der Waals surface area contributed by atoms with Gasteiger partial charge >= 0.3 is 0 Å². The second kappa shape index (κ2) is 9.15. The highest BCUT2D eigenvalue weighted by molar-refractivity contribution is 6.00. The zero-order valence-corrected chi connectivity index (χ0v) is 18.8. The van der Waals surface area contributed by atoms with Crippen molar-refractivity contribution in [1.82, 2.24) is 5.32 Å². The van der Waals surface area contributed by atoms with Gasteiger partial charge in [-0.15, -0.1) is 0 Å². The molecule has 0 atom stereocenters. The third kappa shape index (κ3) is 4.45. The maximum atomic E-state index is 12.2. The summed E-state index contributed by atoms with van der Waals surface area (Å²) in [5, 5.41) is 3.87. The molecule has 4 aromatic rings. The molecule has 4 nitrogen and oxygen atoms in total. The number of methoxy groups -OCH3 is 1. The van der Waals surface area contributed by atoms with Crippen LogP contribution in [0.15, 0.2) is 83.5 Å². The molecule has 4 heteroatoms. The maximum absolute atomic E-state index is 12.2. The minimum Gasteiger partial charge on any atom is -0.496 e. The Hall–Kier alpha value is -3.79. The van der Waals surface area contributed by atoms with E-state index in [1.54, 1.807) is 19.4 Å². The quantitative estimate of drug-likeness (QED) is 0.350. The summed E-state index contributed by atoms with van der Waals surface area (Å²) in [6.45, 7) is 5.79. The van der Waals surface area contributed by atoms with Gasteiger partial charge in [-0.25, -0.2) is 0 Å². The molecule has 4 rings (SSSR count). The number of hydrogen-bond acceptors (Lipinski definition) is 3. The Morgan fingerprint density at radius 1 is 0.969 bits per heavy atom. The van der Waals surface area contributed by atoms with Crippen LogP contribution in [0.2, 0.25) is 0 Å². The molecule has 0 fully saturated rings. The van der Waals surface area contributed by atoms with Crippen LogP contribution in [0.1, 0.15) is 26.3 Å². The molecule has 0 radical (unpaired) electrons. The normalized spacial score (nSPS) is 11.7. The van der Waals surface area contributed by atoms with E-state index < -0.39 is 0 Å². The zero-order valence-electron chi connectivity index (χ0n) is 18.8. The molecule has 162 valence electrons. The number of hydrogen-bond donors (Lipinski definition) is 1. The number of ether oxygens (including phenoxy) is 1. The van der Waals surface area contributed by atoms with Gasteiger partial charge in [0.15, 0.2) is 0 Å². The number of nitrogens with one attached hydrogen (secondary N) is 1. The fourth-order valence-electron chi connectivity index (χ4n) is 3.83. The summed E-state index contributed by atoms with van der Waals surface area (Å²) in [5.74, 6) is 0.549. The Labute approximate surface area is 188 Å². The van der Waals surface area contributed by atoms with Crippen LogP contribution < -0.4 is 10.1 Å². The van der Waals surface area contributed by atoms with E-state index in [2.05, 4.69) is 41.7 Å². The van der Waals surface area contributed by atoms with E-state index in [4.69, 9.17) is 9.15 Å². The van der Waals surface area contributed by atoms with Crippen LogP contribution in [0.4, 0.5) is 0 Å². The van der Waals surface area contributed by atoms with Crippen molar-refractivity contribution >= 4 is 22.4 Å². The highest BCUT2D eigenvalue weighted by Gasteiger charge is 2.15. The molecule has 0 saturated carbocycles. The molecular formula is C28H27NO3. The van der Waals surface area contributed by atoms with E-state index in [0.717, 1.165) is 33.2 Å². The van der Waals surface area contributed by atoms with E-state index in [1.165, 1.54) is 11.1 Å². The number of benzene rings is 3. The second-order valence-electron chi connectivity index (χ2n) is 8.13. The van der Waals surface area contributed by atoms with Crippen molar-refractivity contribution in [2.75, 3.05) is 7.11 Å². The summed E-state index contributed by atoms with van der Waals surface area (Å²) in [7, 11) is 1.62. The number of carbonyl (C=O) groups excluding carboxylic acids is 1. The predicted octanol–water partition coefficient (Wildman–Crippen LogP) is 6.70. The molecule has 0 aliphatic heterocycles. The van der Waals surface area contributed by atoms with Gasteiger partial charge in [0, 0.05) is 34.7 Å². The number of fused-ring (bicyclic) bond motifs is 1. The minimum atomic E-state index is -0.122. The number of rotatable bonds is 6. The van der Waals surface area contributed by atoms with Crippen LogP contribution in [-0.4, -0.2) is 19.1 Å². The summed E-state index contributed by atoms with van der Waals surface area (Å²) < 4.78 is 11.4. The largest absolute Gasteiger partial charge is 0.496 e. The van der Waals surface area contributed by atoms with Crippen LogP contribution >= 0.6 is 0 Å². The van der Waals surface area contributed by atoms with E-state index >= 15 is 0 Å². The van der Waals surface area contributed by atoms with Crippen LogP contribution in [0.5, 0.6) is 5.75 Å². The van der Waals surface area contributed by atoms with Gasteiger partial charge < -0.3 is 14.5 Å². The van der Waals surface area contributed by atoms with Gasteiger partial charge in [0.2, 0.25) is 5.91 Å². The Bertz CT molecular complexity index is 1270. The van der Waals surface area contributed by atoms with Crippen molar-refractivity contribution in [3.05, 3.63) is 84.6 Å². The molecule has 0 aliphatic rings. The second-order valence-corrected chi connectivity index (χ2v) is 8.13. The Morgan fingerprint density at radius 2 is 1.62 bits per heavy atom. The average Bonchev–Trinajstić information content (AvgIpc) is 3.21. The van der Waals surface area contributed by atoms with Crippen molar-refractivity contribution in [3.8, 4) is 28.0 Å². The van der Waals surface area contributed by atoms with Crippen molar-refractivity contribution in [1.29, 1.82) is 0 Å². The number of allylic oxidation sites excluding steroid dienone is 1. The average molecular weight is 426 g/mol. The first-order valence-corrected chi connectivity index (χ1v) is 10.7. The Kier molecular flexibility index (Phi) is 6.13. The first-order valence-electron chi connectivity index (χ1n) is 10.7. The van der Waals surface area contributed by atoms with Crippen LogP contribution in [0.25, 0.3) is 38.8 Å². The smallest absolute Gasteiger partial charge is 0.244 e. The molecule has 1 N–H and O–H groups in total. The first kappa shape index (κ1) is 21.4. The molecule has 0 spiro atoms. The fourth-order valence-corrected chi connectivity index (χ4v) is 3.83. The highest BCUT2D eigenvalue weighted by Crippen LogP contribution is 2.37. The lowest BCUT2D eigenvalue weighted by Crippen LogP contribution is -2.28. The molecule has 0 aliphatic carbocycles. The molecule has 0 saturated heterocycles. The minimum absolute atomic E-state index is 0.0789. The predicted molar refractivity (Wildman–Crippen MR) is 131 cm³/mol. The summed E-state index contributed by atoms with van der Waals surface area (Å²) in [4.78, 5) is 12.2. The van der Waals surface area contributed by atoms with Gasteiger partial charge in [-0.2, -0.15) is 0 Å². The molecule has 3 aromatic carbocycles. The van der Waals surface area contributed by atoms with Crippen molar-refractivity contribution in [3.63, 3.8) is 0 Å². The van der Waals surface area contributed by atoms with E-state index in [0.29, 0.717) is 5.75 Å². The lowest BCUT2D eigenvalue weighted by atomic mass is 9.97. The monoisotopic (exact) mass is 425 g/mol. The maximum Gasteiger partial charge on any atom is 0.244 e. The molecule has 0 bridgehead atoms. The number of carbonyl (C=O) groups is 1. The highest BCUT2D eigenvalue weighted by atomic mass is 16.5. The summed E-state index contributed by atoms with van der Waals surface area (Å²) in [6, 6.07) is 22.8. The summed E-state index contributed by atoms with van der Waals surface area (Å²) >= 11 is 0. The van der Waals surface area contributed by atoms with Crippen molar-refractivity contribution in [2.45, 2.75) is 26.8 Å². The van der Waals surface area contributed by atoms with Gasteiger partial charge in [0.05, 0.1) is 13.4 Å². The zero-order chi connectivity index (χ0) is 22.7. The molecule has 1 aromatic heterocycles. The standard InChI is InChI=1S/C28H27NO3/c1-18(2)29-28(30)14-19(3)23-15-24-25(17-32-27(24)16-26(23)31-4)22-12-10-21(11-13-22)20-8-6-5-7-9-20/h5-18H,1-4H3,(H,29,30)/b19-14+. The molecule has 0 unspecified atom stereocenters. The van der Waals surface area contributed by atoms with Crippen LogP contribution in [0.3, 0.4) is 0 Å². The summed E-state index contributed by atoms with van der Waals surface area (Å²) in [6.07, 6.45) is 3.38. The van der Waals surface area contributed by atoms with Gasteiger partial charge in [-0.3, -0.25) is 4.79 Å². The van der Waals surface area contributed by atoms with Gasteiger partial charge in [-0.1, -0.05) is 54.6 Å². The van der Waals surface area contributed by atoms with E-state index in [9.17, 15) is 4.79 Å². The molecular weight excluding hydrogens is 398 g/mol. The van der Waals surface area contributed by atoms with Crippen LogP contribution in [0, 0.1) is 0 Å². The first-order chi connectivity index (χ1) is 15.5. The van der Waals surface area contributed by atoms with E-state index in [1.807, 2.05) is 51.1 Å². The van der Waals surface area contributed by atoms with Gasteiger partial charge in [0.25, 0.3) is 0 Å². The van der Waals surface area contributed by atoms with Gasteiger partial charge in [0.1, 0.15) is 11.3 Å². The van der Waals surface area contributed by atoms with Gasteiger partial charge in [-0.05, 0) is 49.1 Å². The number of furan rings is 1. The van der Waals surface area contributed by atoms with Crippen LogP contribution in [-0.2, 0) is 4.79 Å². The van der Waals surface area contributed by atoms with Crippen molar-refractivity contribution in [2.24, 2.45) is 0 Å². The topological polar surface area (TPSA) is 51.5 Å². The molecule has 1 amide bonds. The molecule has 1 heterocycles.